The second-order valence-electron chi connectivity index (χ2n) is 15.8. The molecule has 43 heavy (non-hydrogen) atoms. The van der Waals surface area contributed by atoms with Crippen molar-refractivity contribution in [3.63, 3.8) is 0 Å². The monoisotopic (exact) mass is 556 g/mol. The van der Waals surface area contributed by atoms with Gasteiger partial charge in [0.05, 0.1) is 22.2 Å². The van der Waals surface area contributed by atoms with Gasteiger partial charge < -0.3 is 4.40 Å². The molecule has 7 aromatic rings. The molecule has 4 aromatic carbocycles. The first-order chi connectivity index (χ1) is 20.1. The third kappa shape index (κ3) is 3.88. The van der Waals surface area contributed by atoms with E-state index in [2.05, 4.69) is 162 Å². The van der Waals surface area contributed by atoms with Crippen LogP contribution in [0.2, 0.25) is 0 Å². The number of rotatable bonds is 3. The number of hydrogen-bond donors (Lipinski definition) is 0. The van der Waals surface area contributed by atoms with E-state index in [0.29, 0.717) is 0 Å². The molecule has 0 bridgehead atoms. The van der Waals surface area contributed by atoms with Crippen molar-refractivity contribution in [2.45, 2.75) is 52.0 Å². The largest absolute Gasteiger partial charge is 0.307 e. The van der Waals surface area contributed by atoms with Crippen molar-refractivity contribution >= 4 is 80.3 Å². The molecule has 0 aliphatic heterocycles. The molecule has 210 valence electrons. The zero-order chi connectivity index (χ0) is 30.7. The fourth-order valence-corrected chi connectivity index (χ4v) is 6.83. The van der Waals surface area contributed by atoms with E-state index in [1.54, 1.807) is 0 Å². The molecule has 0 saturated heterocycles. The highest BCUT2D eigenvalue weighted by Crippen LogP contribution is 2.46. The first-order valence-corrected chi connectivity index (χ1v) is 15.7. The molecular formula is C37H40B4N2. The zero-order valence-electron chi connectivity index (χ0n) is 27.5. The van der Waals surface area contributed by atoms with Gasteiger partial charge in [-0.25, -0.2) is 0 Å². The summed E-state index contributed by atoms with van der Waals surface area (Å²) in [7, 11) is 9.57. The number of pyridine rings is 1. The quantitative estimate of drug-likeness (QED) is 0.245. The van der Waals surface area contributed by atoms with Crippen LogP contribution in [0.1, 0.15) is 52.7 Å². The molecule has 0 unspecified atom stereocenters. The summed E-state index contributed by atoms with van der Waals surface area (Å²) in [6.07, 6.45) is 2.18. The SMILES string of the molecule is BC(B)(c1cnc(-c2ccc3ccc4c5cccc6c7ccccc7n(c4c3c2)c65)cc1C(B)(B)C(C)(C)C)C(C)(C)C. The Morgan fingerprint density at radius 3 is 1.81 bits per heavy atom. The fraction of sp³-hybridized carbons (Fsp3) is 0.270. The smallest absolute Gasteiger partial charge is 0.105 e. The Hall–Kier alpha value is -3.65. The van der Waals surface area contributed by atoms with E-state index >= 15 is 0 Å². The van der Waals surface area contributed by atoms with Gasteiger partial charge in [-0.15, -0.1) is 0 Å². The Balaban J connectivity index is 1.53. The van der Waals surface area contributed by atoms with Crippen molar-refractivity contribution in [2.24, 2.45) is 10.8 Å². The molecule has 0 aliphatic carbocycles. The van der Waals surface area contributed by atoms with Gasteiger partial charge in [0, 0.05) is 38.7 Å². The molecule has 6 heteroatoms. The number of fused-ring (bicyclic) bond motifs is 8. The molecule has 0 saturated carbocycles. The molecule has 3 heterocycles. The third-order valence-corrected chi connectivity index (χ3v) is 11.5. The Morgan fingerprint density at radius 2 is 1.12 bits per heavy atom. The van der Waals surface area contributed by atoms with Gasteiger partial charge in [-0.1, -0.05) is 118 Å². The molecule has 0 atom stereocenters. The average Bonchev–Trinajstić information content (AvgIpc) is 3.48. The van der Waals surface area contributed by atoms with Crippen LogP contribution in [0.15, 0.2) is 85.1 Å². The number of aromatic nitrogens is 2. The lowest BCUT2D eigenvalue weighted by Gasteiger charge is -2.47. The van der Waals surface area contributed by atoms with Gasteiger partial charge in [-0.05, 0) is 40.0 Å². The summed E-state index contributed by atoms with van der Waals surface area (Å²) >= 11 is 0. The van der Waals surface area contributed by atoms with Crippen LogP contribution in [0.3, 0.4) is 0 Å². The van der Waals surface area contributed by atoms with Gasteiger partial charge >= 0.3 is 0 Å². The zero-order valence-corrected chi connectivity index (χ0v) is 27.5. The van der Waals surface area contributed by atoms with Crippen LogP contribution in [-0.2, 0) is 10.4 Å². The normalized spacial score (nSPS) is 13.7. The predicted octanol–water partition coefficient (Wildman–Crippen LogP) is 5.98. The van der Waals surface area contributed by atoms with Gasteiger partial charge in [-0.2, -0.15) is 0 Å². The van der Waals surface area contributed by atoms with Crippen LogP contribution in [0, 0.1) is 10.8 Å². The van der Waals surface area contributed by atoms with E-state index in [-0.39, 0.29) is 21.3 Å². The minimum atomic E-state index is -0.0576. The van der Waals surface area contributed by atoms with Crippen LogP contribution in [0.25, 0.3) is 60.1 Å². The lowest BCUT2D eigenvalue weighted by molar-refractivity contribution is 0.335. The van der Waals surface area contributed by atoms with Gasteiger partial charge in [0.1, 0.15) is 31.4 Å². The number of nitrogens with zero attached hydrogens (tertiary/aromatic N) is 2. The van der Waals surface area contributed by atoms with E-state index in [1.807, 2.05) is 0 Å². The minimum absolute atomic E-state index is 0.0484. The van der Waals surface area contributed by atoms with Gasteiger partial charge in [0.2, 0.25) is 0 Å². The summed E-state index contributed by atoms with van der Waals surface area (Å²) in [6.45, 7) is 14.1. The highest BCUT2D eigenvalue weighted by atomic mass is 14.9. The summed E-state index contributed by atoms with van der Waals surface area (Å²) in [4.78, 5) is 5.20. The molecule has 0 radical (unpaired) electrons. The first-order valence-electron chi connectivity index (χ1n) is 15.7. The third-order valence-electron chi connectivity index (χ3n) is 11.5. The Labute approximate surface area is 259 Å². The van der Waals surface area contributed by atoms with Crippen LogP contribution in [-0.4, -0.2) is 40.8 Å². The molecule has 0 N–H and O–H groups in total. The van der Waals surface area contributed by atoms with Crippen LogP contribution >= 0.6 is 0 Å². The Bertz CT molecular complexity index is 2210. The molecule has 3 aromatic heterocycles. The maximum atomic E-state index is 5.20. The summed E-state index contributed by atoms with van der Waals surface area (Å²) in [5.74, 6) is 0. The van der Waals surface area contributed by atoms with E-state index < -0.39 is 0 Å². The van der Waals surface area contributed by atoms with E-state index in [1.165, 1.54) is 60.0 Å². The minimum Gasteiger partial charge on any atom is -0.307 e. The Morgan fingerprint density at radius 1 is 0.558 bits per heavy atom. The topological polar surface area (TPSA) is 17.3 Å². The van der Waals surface area contributed by atoms with Crippen LogP contribution in [0.4, 0.5) is 0 Å². The number of para-hydroxylation sites is 2. The standard InChI is InChI=1S/C37H40B4N2/c1-34(2,3)36(38,39)28-19-30(42-20-29(28)37(40,41)35(4,5)6)22-15-14-21-16-17-26-25-12-9-11-24-23-10-7-8-13-31(23)43(32(24)25)33(26)27(21)18-22/h7-20H,38-41H2,1-6H3. The van der Waals surface area contributed by atoms with Gasteiger partial charge in [0.15, 0.2) is 0 Å². The predicted molar refractivity (Wildman–Crippen MR) is 198 cm³/mol. The number of hydrogen-bond acceptors (Lipinski definition) is 1. The average molecular weight is 556 g/mol. The molecular weight excluding hydrogens is 516 g/mol. The Kier molecular flexibility index (Phi) is 5.85. The van der Waals surface area contributed by atoms with Crippen molar-refractivity contribution in [3.8, 4) is 11.3 Å². The molecule has 0 spiro atoms. The van der Waals surface area contributed by atoms with Gasteiger partial charge in [0.25, 0.3) is 0 Å². The van der Waals surface area contributed by atoms with Crippen molar-refractivity contribution in [1.29, 1.82) is 0 Å². The van der Waals surface area contributed by atoms with Crippen molar-refractivity contribution < 1.29 is 0 Å². The van der Waals surface area contributed by atoms with Crippen molar-refractivity contribution in [3.05, 3.63) is 96.2 Å². The maximum absolute atomic E-state index is 5.20. The van der Waals surface area contributed by atoms with Crippen LogP contribution < -0.4 is 0 Å². The van der Waals surface area contributed by atoms with E-state index in [9.17, 15) is 0 Å². The second-order valence-corrected chi connectivity index (χ2v) is 15.8. The highest BCUT2D eigenvalue weighted by Gasteiger charge is 2.42. The molecule has 0 amide bonds. The van der Waals surface area contributed by atoms with Crippen molar-refractivity contribution in [1.82, 2.24) is 9.38 Å². The molecule has 2 nitrogen and oxygen atoms in total. The first kappa shape index (κ1) is 28.1. The molecule has 7 rings (SSSR count). The van der Waals surface area contributed by atoms with Gasteiger partial charge in [-0.3, -0.25) is 4.98 Å². The fourth-order valence-electron chi connectivity index (χ4n) is 6.83. The maximum Gasteiger partial charge on any atom is 0.105 e. The lowest BCUT2D eigenvalue weighted by atomic mass is 9.35. The van der Waals surface area contributed by atoms with E-state index in [0.717, 1.165) is 11.3 Å². The molecule has 0 fully saturated rings. The number of benzene rings is 4. The van der Waals surface area contributed by atoms with E-state index in [4.69, 9.17) is 4.98 Å². The molecule has 0 aliphatic rings. The second kappa shape index (κ2) is 8.94. The lowest BCUT2D eigenvalue weighted by Crippen LogP contribution is -2.47. The summed E-state index contributed by atoms with van der Waals surface area (Å²) in [5.41, 5.74) is 8.98. The van der Waals surface area contributed by atoms with Crippen molar-refractivity contribution in [2.75, 3.05) is 0 Å². The highest BCUT2D eigenvalue weighted by molar-refractivity contribution is 6.43. The summed E-state index contributed by atoms with van der Waals surface area (Å²) < 4.78 is 2.50. The summed E-state index contributed by atoms with van der Waals surface area (Å²) in [5, 5.41) is 7.67. The summed E-state index contributed by atoms with van der Waals surface area (Å²) in [6, 6.07) is 29.5. The van der Waals surface area contributed by atoms with Crippen LogP contribution in [0.5, 0.6) is 0 Å².